The summed E-state index contributed by atoms with van der Waals surface area (Å²) in [5.41, 5.74) is 2.49. The molecule has 0 saturated heterocycles. The number of thiazole rings is 1. The van der Waals surface area contributed by atoms with Gasteiger partial charge in [0, 0.05) is 28.2 Å². The number of hydrogen-bond acceptors (Lipinski definition) is 4. The van der Waals surface area contributed by atoms with Crippen molar-refractivity contribution < 1.29 is 0 Å². The summed E-state index contributed by atoms with van der Waals surface area (Å²) in [5.74, 6) is 0. The molecule has 4 heteroatoms. The summed E-state index contributed by atoms with van der Waals surface area (Å²) >= 11 is 3.56. The average molecular weight is 288 g/mol. The lowest BCUT2D eigenvalue weighted by molar-refractivity contribution is 0.594. The fourth-order valence-corrected chi connectivity index (χ4v) is 4.12. The minimum atomic E-state index is 0.327. The Morgan fingerprint density at radius 2 is 2.16 bits per heavy atom. The number of rotatable bonds is 4. The van der Waals surface area contributed by atoms with Crippen LogP contribution >= 0.6 is 22.7 Å². The van der Waals surface area contributed by atoms with Gasteiger partial charge < -0.3 is 5.32 Å². The molecular formula is C15H16N2S2. The van der Waals surface area contributed by atoms with E-state index in [-0.39, 0.29) is 0 Å². The van der Waals surface area contributed by atoms with E-state index in [0.717, 1.165) is 12.1 Å². The highest BCUT2D eigenvalue weighted by Gasteiger charge is 2.15. The number of hydrogen-bond donors (Lipinski definition) is 1. The molecule has 0 spiro atoms. The van der Waals surface area contributed by atoms with E-state index in [4.69, 9.17) is 0 Å². The van der Waals surface area contributed by atoms with Gasteiger partial charge >= 0.3 is 0 Å². The van der Waals surface area contributed by atoms with Crippen LogP contribution in [0.2, 0.25) is 0 Å². The van der Waals surface area contributed by atoms with Gasteiger partial charge in [-0.2, -0.15) is 0 Å². The SMILES string of the molecule is CNC(Cc1nc(C)cs1)c1cccc2ccsc12. The third kappa shape index (κ3) is 2.56. The van der Waals surface area contributed by atoms with Crippen LogP contribution in [-0.2, 0) is 6.42 Å². The molecule has 0 aliphatic rings. The van der Waals surface area contributed by atoms with Crippen molar-refractivity contribution in [1.82, 2.24) is 10.3 Å². The smallest absolute Gasteiger partial charge is 0.0947 e. The summed E-state index contributed by atoms with van der Waals surface area (Å²) in [6.45, 7) is 2.05. The van der Waals surface area contributed by atoms with E-state index in [2.05, 4.69) is 45.3 Å². The second-order valence-corrected chi connectivity index (χ2v) is 6.47. The van der Waals surface area contributed by atoms with Crippen molar-refractivity contribution in [3.63, 3.8) is 0 Å². The first kappa shape index (κ1) is 12.8. The minimum absolute atomic E-state index is 0.327. The first-order chi connectivity index (χ1) is 9.28. The summed E-state index contributed by atoms with van der Waals surface area (Å²) in [6.07, 6.45) is 0.950. The van der Waals surface area contributed by atoms with E-state index in [1.54, 1.807) is 11.3 Å². The van der Waals surface area contributed by atoms with Crippen LogP contribution in [0.3, 0.4) is 0 Å². The summed E-state index contributed by atoms with van der Waals surface area (Å²) in [6, 6.07) is 9.05. The zero-order valence-corrected chi connectivity index (χ0v) is 12.6. The average Bonchev–Trinajstić information content (AvgIpc) is 3.04. The van der Waals surface area contributed by atoms with Gasteiger partial charge in [0.2, 0.25) is 0 Å². The van der Waals surface area contributed by atoms with Crippen molar-refractivity contribution in [2.45, 2.75) is 19.4 Å². The molecule has 0 aliphatic heterocycles. The number of thiophene rings is 1. The minimum Gasteiger partial charge on any atom is -0.313 e. The molecule has 0 radical (unpaired) electrons. The van der Waals surface area contributed by atoms with E-state index >= 15 is 0 Å². The van der Waals surface area contributed by atoms with E-state index in [9.17, 15) is 0 Å². The van der Waals surface area contributed by atoms with Crippen LogP contribution < -0.4 is 5.32 Å². The third-order valence-electron chi connectivity index (χ3n) is 3.28. The first-order valence-electron chi connectivity index (χ1n) is 6.32. The third-order valence-corrected chi connectivity index (χ3v) is 5.25. The Morgan fingerprint density at radius 1 is 1.26 bits per heavy atom. The monoisotopic (exact) mass is 288 g/mol. The van der Waals surface area contributed by atoms with Gasteiger partial charge in [-0.15, -0.1) is 22.7 Å². The van der Waals surface area contributed by atoms with Gasteiger partial charge in [-0.05, 0) is 36.4 Å². The van der Waals surface area contributed by atoms with Gasteiger partial charge in [0.25, 0.3) is 0 Å². The molecule has 3 rings (SSSR count). The maximum Gasteiger partial charge on any atom is 0.0947 e. The van der Waals surface area contributed by atoms with E-state index in [1.165, 1.54) is 20.7 Å². The molecule has 19 heavy (non-hydrogen) atoms. The number of benzene rings is 1. The predicted molar refractivity (Wildman–Crippen MR) is 84.2 cm³/mol. The van der Waals surface area contributed by atoms with Gasteiger partial charge in [0.15, 0.2) is 0 Å². The highest BCUT2D eigenvalue weighted by molar-refractivity contribution is 7.17. The molecule has 0 saturated carbocycles. The molecule has 0 bridgehead atoms. The molecule has 0 fully saturated rings. The van der Waals surface area contributed by atoms with Crippen molar-refractivity contribution in [1.29, 1.82) is 0 Å². The van der Waals surface area contributed by atoms with Crippen molar-refractivity contribution in [2.75, 3.05) is 7.05 Å². The Hall–Kier alpha value is -1.23. The Balaban J connectivity index is 1.95. The number of aromatic nitrogens is 1. The lowest BCUT2D eigenvalue weighted by Gasteiger charge is -2.16. The quantitative estimate of drug-likeness (QED) is 0.779. The van der Waals surface area contributed by atoms with Crippen molar-refractivity contribution >= 4 is 32.8 Å². The van der Waals surface area contributed by atoms with Crippen molar-refractivity contribution in [3.05, 3.63) is 51.3 Å². The molecular weight excluding hydrogens is 272 g/mol. The molecule has 0 amide bonds. The lowest BCUT2D eigenvalue weighted by Crippen LogP contribution is -2.18. The molecule has 98 valence electrons. The van der Waals surface area contributed by atoms with Crippen molar-refractivity contribution in [3.8, 4) is 0 Å². The fourth-order valence-electron chi connectivity index (χ4n) is 2.33. The molecule has 2 heterocycles. The van der Waals surface area contributed by atoms with Gasteiger partial charge in [0.1, 0.15) is 0 Å². The second kappa shape index (κ2) is 5.41. The standard InChI is InChI=1S/C15H16N2S2/c1-10-9-19-14(17-10)8-13(16-2)12-5-3-4-11-6-7-18-15(11)12/h3-7,9,13,16H,8H2,1-2H3. The number of fused-ring (bicyclic) bond motifs is 1. The van der Waals surface area contributed by atoms with Crippen LogP contribution in [0.1, 0.15) is 22.3 Å². The van der Waals surface area contributed by atoms with Crippen LogP contribution in [0.4, 0.5) is 0 Å². The number of nitrogens with one attached hydrogen (secondary N) is 1. The van der Waals surface area contributed by atoms with Gasteiger partial charge in [0.05, 0.1) is 5.01 Å². The number of likely N-dealkylation sites (N-methyl/N-ethyl adjacent to an activating group) is 1. The van der Waals surface area contributed by atoms with E-state index < -0.39 is 0 Å². The van der Waals surface area contributed by atoms with Crippen LogP contribution in [-0.4, -0.2) is 12.0 Å². The van der Waals surface area contributed by atoms with Crippen molar-refractivity contribution in [2.24, 2.45) is 0 Å². The molecule has 2 aromatic heterocycles. The molecule has 3 aromatic rings. The van der Waals surface area contributed by atoms with Gasteiger partial charge in [-0.1, -0.05) is 18.2 Å². The molecule has 1 N–H and O–H groups in total. The highest BCUT2D eigenvalue weighted by atomic mass is 32.1. The molecule has 0 aliphatic carbocycles. The summed E-state index contributed by atoms with van der Waals surface area (Å²) in [5, 5.41) is 10.2. The fraction of sp³-hybridized carbons (Fsp3) is 0.267. The Kier molecular flexibility index (Phi) is 3.64. The maximum atomic E-state index is 4.57. The van der Waals surface area contributed by atoms with Crippen LogP contribution in [0.15, 0.2) is 35.0 Å². The van der Waals surface area contributed by atoms with Crippen LogP contribution in [0.5, 0.6) is 0 Å². The molecule has 2 nitrogen and oxygen atoms in total. The van der Waals surface area contributed by atoms with Crippen LogP contribution in [0, 0.1) is 6.92 Å². The van der Waals surface area contributed by atoms with E-state index in [1.807, 2.05) is 25.3 Å². The first-order valence-corrected chi connectivity index (χ1v) is 8.08. The van der Waals surface area contributed by atoms with Gasteiger partial charge in [-0.3, -0.25) is 0 Å². The number of aryl methyl sites for hydroxylation is 1. The van der Waals surface area contributed by atoms with Crippen LogP contribution in [0.25, 0.3) is 10.1 Å². The normalized spacial score (nSPS) is 12.9. The Labute approximate surface area is 121 Å². The summed E-state index contributed by atoms with van der Waals surface area (Å²) in [4.78, 5) is 4.57. The predicted octanol–water partition coefficient (Wildman–Crippen LogP) is 4.17. The Morgan fingerprint density at radius 3 is 2.89 bits per heavy atom. The molecule has 1 atom stereocenters. The molecule has 1 aromatic carbocycles. The lowest BCUT2D eigenvalue weighted by atomic mass is 10.0. The zero-order chi connectivity index (χ0) is 13.2. The van der Waals surface area contributed by atoms with Gasteiger partial charge in [-0.25, -0.2) is 4.98 Å². The summed E-state index contributed by atoms with van der Waals surface area (Å²) in [7, 11) is 2.03. The largest absolute Gasteiger partial charge is 0.313 e. The summed E-state index contributed by atoms with van der Waals surface area (Å²) < 4.78 is 1.38. The highest BCUT2D eigenvalue weighted by Crippen LogP contribution is 2.30. The number of nitrogens with zero attached hydrogens (tertiary/aromatic N) is 1. The van der Waals surface area contributed by atoms with E-state index in [0.29, 0.717) is 6.04 Å². The zero-order valence-electron chi connectivity index (χ0n) is 11.0. The topological polar surface area (TPSA) is 24.9 Å². The maximum absolute atomic E-state index is 4.57. The Bertz CT molecular complexity index is 684. The second-order valence-electron chi connectivity index (χ2n) is 4.61. The molecule has 1 unspecified atom stereocenters.